The van der Waals surface area contributed by atoms with E-state index in [1.165, 1.54) is 31.4 Å². The molecule has 0 amide bonds. The molecule has 4 nitrogen and oxygen atoms in total. The van der Waals surface area contributed by atoms with Gasteiger partial charge in [0.1, 0.15) is 0 Å². The van der Waals surface area contributed by atoms with E-state index >= 15 is 0 Å². The number of guanidine groups is 1. The predicted octanol–water partition coefficient (Wildman–Crippen LogP) is 3.67. The summed E-state index contributed by atoms with van der Waals surface area (Å²) in [5.74, 6) is 0.197. The number of hydrogen-bond donors (Lipinski definition) is 2. The van der Waals surface area contributed by atoms with Gasteiger partial charge in [-0.25, -0.2) is 8.78 Å². The fraction of sp³-hybridized carbons (Fsp3) is 0.667. The van der Waals surface area contributed by atoms with Gasteiger partial charge in [-0.05, 0) is 56.2 Å². The molecule has 3 rings (SSSR count). The number of nitrogens with zero attached hydrogens (tertiary/aromatic N) is 2. The fourth-order valence-electron chi connectivity index (χ4n) is 3.91. The van der Waals surface area contributed by atoms with Crippen LogP contribution in [0.4, 0.5) is 8.78 Å². The molecule has 0 aromatic heterocycles. The highest BCUT2D eigenvalue weighted by molar-refractivity contribution is 5.80. The van der Waals surface area contributed by atoms with Crippen molar-refractivity contribution in [2.24, 2.45) is 10.9 Å². The SMILES string of the molecule is CCCC1CC1NC(=NCC)NC1CCN(Cc2ccc(F)c(F)c2)CC1. The van der Waals surface area contributed by atoms with E-state index in [0.717, 1.165) is 49.9 Å². The molecule has 0 bridgehead atoms. The molecule has 0 radical (unpaired) electrons. The van der Waals surface area contributed by atoms with E-state index in [-0.39, 0.29) is 0 Å². The zero-order valence-corrected chi connectivity index (χ0v) is 16.5. The maximum absolute atomic E-state index is 13.4. The van der Waals surface area contributed by atoms with Crippen LogP contribution in [-0.4, -0.2) is 42.6 Å². The summed E-state index contributed by atoms with van der Waals surface area (Å²) in [7, 11) is 0. The average Bonchev–Trinajstić information content (AvgIpc) is 3.38. The van der Waals surface area contributed by atoms with E-state index in [9.17, 15) is 8.78 Å². The number of benzene rings is 1. The van der Waals surface area contributed by atoms with Crippen molar-refractivity contribution < 1.29 is 8.78 Å². The number of likely N-dealkylation sites (tertiary alicyclic amines) is 1. The predicted molar refractivity (Wildman–Crippen MR) is 106 cm³/mol. The van der Waals surface area contributed by atoms with Gasteiger partial charge in [-0.3, -0.25) is 9.89 Å². The molecule has 1 saturated carbocycles. The van der Waals surface area contributed by atoms with E-state index in [1.54, 1.807) is 6.07 Å². The first-order chi connectivity index (χ1) is 13.1. The maximum Gasteiger partial charge on any atom is 0.191 e. The van der Waals surface area contributed by atoms with Crippen molar-refractivity contribution >= 4 is 5.96 Å². The first-order valence-electron chi connectivity index (χ1n) is 10.3. The third-order valence-corrected chi connectivity index (χ3v) is 5.54. The molecule has 1 aliphatic heterocycles. The lowest BCUT2D eigenvalue weighted by Crippen LogP contribution is -2.49. The first kappa shape index (κ1) is 20.1. The summed E-state index contributed by atoms with van der Waals surface area (Å²) < 4.78 is 26.4. The summed E-state index contributed by atoms with van der Waals surface area (Å²) >= 11 is 0. The molecule has 1 heterocycles. The van der Waals surface area contributed by atoms with Gasteiger partial charge in [-0.2, -0.15) is 0 Å². The molecule has 6 heteroatoms. The Balaban J connectivity index is 1.43. The molecule has 0 spiro atoms. The summed E-state index contributed by atoms with van der Waals surface area (Å²) in [4.78, 5) is 6.90. The second-order valence-electron chi connectivity index (χ2n) is 7.80. The van der Waals surface area contributed by atoms with E-state index in [4.69, 9.17) is 0 Å². The van der Waals surface area contributed by atoms with Crippen LogP contribution in [0.3, 0.4) is 0 Å². The minimum Gasteiger partial charge on any atom is -0.354 e. The molecule has 2 atom stereocenters. The van der Waals surface area contributed by atoms with Gasteiger partial charge in [0.15, 0.2) is 17.6 Å². The molecule has 2 N–H and O–H groups in total. The Morgan fingerprint density at radius 3 is 2.59 bits per heavy atom. The van der Waals surface area contributed by atoms with Gasteiger partial charge in [0, 0.05) is 38.3 Å². The molecule has 1 aromatic carbocycles. The molecule has 1 aromatic rings. The summed E-state index contributed by atoms with van der Waals surface area (Å²) in [5, 5.41) is 7.18. The minimum atomic E-state index is -0.784. The monoisotopic (exact) mass is 378 g/mol. The zero-order chi connectivity index (χ0) is 19.2. The van der Waals surface area contributed by atoms with Gasteiger partial charge in [0.05, 0.1) is 0 Å². The molecule has 2 fully saturated rings. The molecular weight excluding hydrogens is 346 g/mol. The van der Waals surface area contributed by atoms with Crippen molar-refractivity contribution in [2.45, 2.75) is 64.6 Å². The lowest BCUT2D eigenvalue weighted by Gasteiger charge is -2.33. The summed E-state index contributed by atoms with van der Waals surface area (Å²) in [5.41, 5.74) is 0.825. The third-order valence-electron chi connectivity index (χ3n) is 5.54. The number of rotatable bonds is 7. The van der Waals surface area contributed by atoms with Gasteiger partial charge < -0.3 is 10.6 Å². The number of nitrogens with one attached hydrogen (secondary N) is 2. The van der Waals surface area contributed by atoms with Gasteiger partial charge in [0.25, 0.3) is 0 Å². The van der Waals surface area contributed by atoms with Crippen LogP contribution in [0.1, 0.15) is 51.5 Å². The molecule has 2 aliphatic rings. The molecule has 150 valence electrons. The van der Waals surface area contributed by atoms with Crippen molar-refractivity contribution in [1.29, 1.82) is 0 Å². The molecular formula is C21H32F2N4. The normalized spacial score (nSPS) is 24.1. The van der Waals surface area contributed by atoms with E-state index in [1.807, 2.05) is 0 Å². The second-order valence-corrected chi connectivity index (χ2v) is 7.80. The summed E-state index contributed by atoms with van der Waals surface area (Å²) in [6, 6.07) is 5.17. The van der Waals surface area contributed by atoms with Crippen LogP contribution in [0, 0.1) is 17.6 Å². The van der Waals surface area contributed by atoms with Crippen LogP contribution in [-0.2, 0) is 6.54 Å². The van der Waals surface area contributed by atoms with Crippen LogP contribution in [0.15, 0.2) is 23.2 Å². The topological polar surface area (TPSA) is 39.7 Å². The first-order valence-corrected chi connectivity index (χ1v) is 10.3. The average molecular weight is 379 g/mol. The van der Waals surface area contributed by atoms with Crippen LogP contribution in [0.25, 0.3) is 0 Å². The van der Waals surface area contributed by atoms with Gasteiger partial charge >= 0.3 is 0 Å². The summed E-state index contributed by atoms with van der Waals surface area (Å²) in [6.45, 7) is 7.62. The molecule has 1 aliphatic carbocycles. The van der Waals surface area contributed by atoms with Crippen molar-refractivity contribution in [3.05, 3.63) is 35.4 Å². The number of aliphatic imine (C=N–C) groups is 1. The Kier molecular flexibility index (Phi) is 7.05. The summed E-state index contributed by atoms with van der Waals surface area (Å²) in [6.07, 6.45) is 5.84. The quantitative estimate of drug-likeness (QED) is 0.562. The smallest absolute Gasteiger partial charge is 0.191 e. The zero-order valence-electron chi connectivity index (χ0n) is 16.5. The van der Waals surface area contributed by atoms with Crippen molar-refractivity contribution in [3.8, 4) is 0 Å². The molecule has 2 unspecified atom stereocenters. The lowest BCUT2D eigenvalue weighted by atomic mass is 10.0. The van der Waals surface area contributed by atoms with Crippen molar-refractivity contribution in [1.82, 2.24) is 15.5 Å². The Hall–Kier alpha value is -1.69. The second kappa shape index (κ2) is 9.49. The largest absolute Gasteiger partial charge is 0.354 e. The molecule has 27 heavy (non-hydrogen) atoms. The Bertz CT molecular complexity index is 641. The van der Waals surface area contributed by atoms with Gasteiger partial charge in [-0.15, -0.1) is 0 Å². The molecule has 1 saturated heterocycles. The van der Waals surface area contributed by atoms with Gasteiger partial charge in [0.2, 0.25) is 0 Å². The third kappa shape index (κ3) is 5.89. The Labute approximate surface area is 161 Å². The number of halogens is 2. The fourth-order valence-corrected chi connectivity index (χ4v) is 3.91. The van der Waals surface area contributed by atoms with Crippen LogP contribution in [0.2, 0.25) is 0 Å². The van der Waals surface area contributed by atoms with E-state index in [2.05, 4.69) is 34.4 Å². The maximum atomic E-state index is 13.4. The Morgan fingerprint density at radius 1 is 1.15 bits per heavy atom. The van der Waals surface area contributed by atoms with Crippen LogP contribution in [0.5, 0.6) is 0 Å². The van der Waals surface area contributed by atoms with Crippen molar-refractivity contribution in [3.63, 3.8) is 0 Å². The standard InChI is InChI=1S/C21H32F2N4/c1-3-5-16-13-20(16)26-21(24-4-2)25-17-8-10-27(11-9-17)14-15-6-7-18(22)19(23)12-15/h6-7,12,16-17,20H,3-5,8-11,13-14H2,1-2H3,(H2,24,25,26). The van der Waals surface area contributed by atoms with Gasteiger partial charge in [-0.1, -0.05) is 19.4 Å². The number of hydrogen-bond acceptors (Lipinski definition) is 2. The highest BCUT2D eigenvalue weighted by atomic mass is 19.2. The van der Waals surface area contributed by atoms with Crippen LogP contribution < -0.4 is 10.6 Å². The van der Waals surface area contributed by atoms with E-state index < -0.39 is 11.6 Å². The Morgan fingerprint density at radius 2 is 1.93 bits per heavy atom. The highest BCUT2D eigenvalue weighted by Gasteiger charge is 2.37. The number of piperidine rings is 1. The minimum absolute atomic E-state index is 0.410. The van der Waals surface area contributed by atoms with Crippen LogP contribution >= 0.6 is 0 Å². The van der Waals surface area contributed by atoms with Crippen molar-refractivity contribution in [2.75, 3.05) is 19.6 Å². The lowest BCUT2D eigenvalue weighted by molar-refractivity contribution is 0.198. The van der Waals surface area contributed by atoms with E-state index in [0.29, 0.717) is 18.6 Å². The highest BCUT2D eigenvalue weighted by Crippen LogP contribution is 2.34.